The molecule has 6 nitrogen and oxygen atoms in total. The predicted molar refractivity (Wildman–Crippen MR) is 70.2 cm³/mol. The molecule has 0 fully saturated rings. The molecule has 0 radical (unpaired) electrons. The summed E-state index contributed by atoms with van der Waals surface area (Å²) in [4.78, 5) is 2.23. The highest BCUT2D eigenvalue weighted by Crippen LogP contribution is 2.13. The Hall–Kier alpha value is -2.21. The normalized spacial score (nSPS) is 11.5. The third kappa shape index (κ3) is 2.63. The van der Waals surface area contributed by atoms with Gasteiger partial charge in [0.2, 0.25) is 0 Å². The number of aryl methyl sites for hydroxylation is 1. The summed E-state index contributed by atoms with van der Waals surface area (Å²) in [7, 11) is 4.01. The number of benzene rings is 1. The minimum Gasteiger partial charge on any atom is -0.298 e. The first-order valence-corrected chi connectivity index (χ1v) is 6.08. The lowest BCUT2D eigenvalue weighted by Gasteiger charge is -2.15. The summed E-state index contributed by atoms with van der Waals surface area (Å²) in [6.07, 6.45) is 3.92. The fourth-order valence-electron chi connectivity index (χ4n) is 2.16. The van der Waals surface area contributed by atoms with E-state index in [-0.39, 0.29) is 0 Å². The topological polar surface area (TPSA) is 60.0 Å². The molecule has 0 aliphatic carbocycles. The van der Waals surface area contributed by atoms with Crippen LogP contribution in [0.1, 0.15) is 11.1 Å². The van der Waals surface area contributed by atoms with Crippen LogP contribution in [0.3, 0.4) is 0 Å². The number of rotatable bonds is 4. The third-order valence-corrected chi connectivity index (χ3v) is 2.98. The van der Waals surface area contributed by atoms with Crippen molar-refractivity contribution in [2.45, 2.75) is 13.1 Å². The van der Waals surface area contributed by atoms with E-state index in [1.54, 1.807) is 0 Å². The Bertz CT molecular complexity index is 687. The molecule has 0 saturated carbocycles. The summed E-state index contributed by atoms with van der Waals surface area (Å²) >= 11 is 0. The van der Waals surface area contributed by atoms with Gasteiger partial charge >= 0.3 is 0 Å². The van der Waals surface area contributed by atoms with Crippen molar-refractivity contribution in [3.63, 3.8) is 0 Å². The largest absolute Gasteiger partial charge is 0.298 e. The van der Waals surface area contributed by atoms with Crippen LogP contribution in [0.2, 0.25) is 0 Å². The molecule has 0 bridgehead atoms. The summed E-state index contributed by atoms with van der Waals surface area (Å²) in [5.41, 5.74) is 3.98. The van der Waals surface area contributed by atoms with Gasteiger partial charge in [0.05, 0.1) is 6.20 Å². The van der Waals surface area contributed by atoms with Crippen LogP contribution in [0, 0.1) is 0 Å². The van der Waals surface area contributed by atoms with Crippen molar-refractivity contribution in [3.05, 3.63) is 41.7 Å². The molecule has 3 rings (SSSR count). The second-order valence-corrected chi connectivity index (χ2v) is 4.78. The zero-order chi connectivity index (χ0) is 13.2. The van der Waals surface area contributed by atoms with Gasteiger partial charge < -0.3 is 0 Å². The van der Waals surface area contributed by atoms with Gasteiger partial charge in [0.15, 0.2) is 0 Å². The van der Waals surface area contributed by atoms with Gasteiger partial charge in [0.25, 0.3) is 0 Å². The van der Waals surface area contributed by atoms with Gasteiger partial charge in [-0.15, -0.1) is 0 Å². The molecule has 0 atom stereocenters. The maximum atomic E-state index is 4.70. The summed E-state index contributed by atoms with van der Waals surface area (Å²) in [6, 6.07) is 5.98. The molecule has 0 unspecified atom stereocenters. The van der Waals surface area contributed by atoms with Crippen molar-refractivity contribution in [1.82, 2.24) is 25.0 Å². The van der Waals surface area contributed by atoms with Crippen molar-refractivity contribution in [3.8, 4) is 0 Å². The van der Waals surface area contributed by atoms with E-state index in [0.29, 0.717) is 0 Å². The van der Waals surface area contributed by atoms with Crippen LogP contribution in [-0.4, -0.2) is 32.0 Å². The lowest BCUT2D eigenvalue weighted by atomic mass is 10.2. The number of fused-ring (bicyclic) bond motifs is 1. The van der Waals surface area contributed by atoms with Crippen molar-refractivity contribution in [1.29, 1.82) is 0 Å². The SMILES string of the molecule is CN(Cc1ccc2nonc2c1)Cc1cnn(C)c1. The summed E-state index contributed by atoms with van der Waals surface area (Å²) < 4.78 is 6.51. The van der Waals surface area contributed by atoms with E-state index in [1.165, 1.54) is 11.1 Å². The fourth-order valence-corrected chi connectivity index (χ4v) is 2.16. The van der Waals surface area contributed by atoms with E-state index in [4.69, 9.17) is 4.63 Å². The molecule has 0 spiro atoms. The zero-order valence-electron chi connectivity index (χ0n) is 10.9. The molecule has 0 amide bonds. The third-order valence-electron chi connectivity index (χ3n) is 2.98. The van der Waals surface area contributed by atoms with Crippen LogP contribution in [0.5, 0.6) is 0 Å². The molecule has 1 aromatic carbocycles. The number of hydrogen-bond donors (Lipinski definition) is 0. The average molecular weight is 257 g/mol. The number of nitrogens with zero attached hydrogens (tertiary/aromatic N) is 5. The molecule has 98 valence electrons. The Balaban J connectivity index is 1.69. The molecule has 0 aliphatic rings. The quantitative estimate of drug-likeness (QED) is 0.710. The van der Waals surface area contributed by atoms with Gasteiger partial charge in [-0.1, -0.05) is 6.07 Å². The second-order valence-electron chi connectivity index (χ2n) is 4.78. The van der Waals surface area contributed by atoms with Crippen LogP contribution in [0.4, 0.5) is 0 Å². The number of hydrogen-bond acceptors (Lipinski definition) is 5. The minimum absolute atomic E-state index is 0.790. The Morgan fingerprint density at radius 2 is 1.95 bits per heavy atom. The molecule has 3 aromatic rings. The van der Waals surface area contributed by atoms with Crippen LogP contribution in [0.25, 0.3) is 11.0 Å². The van der Waals surface area contributed by atoms with Gasteiger partial charge in [-0.05, 0) is 35.1 Å². The van der Waals surface area contributed by atoms with E-state index in [0.717, 1.165) is 24.1 Å². The lowest BCUT2D eigenvalue weighted by molar-refractivity contribution is 0.315. The van der Waals surface area contributed by atoms with Gasteiger partial charge in [0.1, 0.15) is 11.0 Å². The monoisotopic (exact) mass is 257 g/mol. The Labute approximate surface area is 110 Å². The Kier molecular flexibility index (Phi) is 3.00. The highest BCUT2D eigenvalue weighted by Gasteiger charge is 2.06. The maximum absolute atomic E-state index is 4.70. The van der Waals surface area contributed by atoms with E-state index >= 15 is 0 Å². The average Bonchev–Trinajstić information content (AvgIpc) is 2.97. The molecule has 0 saturated heterocycles. The van der Waals surface area contributed by atoms with Crippen molar-refractivity contribution < 1.29 is 4.63 Å². The first-order chi connectivity index (χ1) is 9.20. The second kappa shape index (κ2) is 4.81. The van der Waals surface area contributed by atoms with E-state index in [1.807, 2.05) is 42.3 Å². The molecule has 0 N–H and O–H groups in total. The smallest absolute Gasteiger partial charge is 0.135 e. The standard InChI is InChI=1S/C13H15N5O/c1-17(8-11-6-14-18(2)9-11)7-10-3-4-12-13(5-10)16-19-15-12/h3-6,9H,7-8H2,1-2H3. The van der Waals surface area contributed by atoms with Crippen molar-refractivity contribution >= 4 is 11.0 Å². The van der Waals surface area contributed by atoms with Gasteiger partial charge in [-0.3, -0.25) is 9.58 Å². The summed E-state index contributed by atoms with van der Waals surface area (Å²) in [6.45, 7) is 1.71. The van der Waals surface area contributed by atoms with Crippen LogP contribution in [0.15, 0.2) is 35.2 Å². The molecule has 2 heterocycles. The molecule has 2 aromatic heterocycles. The molecule has 19 heavy (non-hydrogen) atoms. The van der Waals surface area contributed by atoms with Crippen LogP contribution >= 0.6 is 0 Å². The zero-order valence-corrected chi connectivity index (χ0v) is 10.9. The van der Waals surface area contributed by atoms with Crippen LogP contribution in [-0.2, 0) is 20.1 Å². The van der Waals surface area contributed by atoms with E-state index in [2.05, 4.69) is 27.4 Å². The maximum Gasteiger partial charge on any atom is 0.135 e. The minimum atomic E-state index is 0.790. The van der Waals surface area contributed by atoms with E-state index < -0.39 is 0 Å². The van der Waals surface area contributed by atoms with Crippen molar-refractivity contribution in [2.24, 2.45) is 7.05 Å². The van der Waals surface area contributed by atoms with Gasteiger partial charge in [0, 0.05) is 31.9 Å². The van der Waals surface area contributed by atoms with Gasteiger partial charge in [-0.25, -0.2) is 4.63 Å². The molecular formula is C13H15N5O. The lowest BCUT2D eigenvalue weighted by Crippen LogP contribution is -2.16. The Morgan fingerprint density at radius 3 is 2.74 bits per heavy atom. The summed E-state index contributed by atoms with van der Waals surface area (Å²) in [5.74, 6) is 0. The predicted octanol–water partition coefficient (Wildman–Crippen LogP) is 1.59. The van der Waals surface area contributed by atoms with Gasteiger partial charge in [-0.2, -0.15) is 5.10 Å². The molecule has 6 heteroatoms. The molecular weight excluding hydrogens is 242 g/mol. The van der Waals surface area contributed by atoms with Crippen molar-refractivity contribution in [2.75, 3.05) is 7.05 Å². The van der Waals surface area contributed by atoms with Crippen LogP contribution < -0.4 is 0 Å². The number of aromatic nitrogens is 4. The molecule has 0 aliphatic heterocycles. The highest BCUT2D eigenvalue weighted by molar-refractivity contribution is 5.73. The first-order valence-electron chi connectivity index (χ1n) is 6.08. The fraction of sp³-hybridized carbons (Fsp3) is 0.308. The Morgan fingerprint density at radius 1 is 1.16 bits per heavy atom. The van der Waals surface area contributed by atoms with E-state index in [9.17, 15) is 0 Å². The summed E-state index contributed by atoms with van der Waals surface area (Å²) in [5, 5.41) is 11.8. The first kappa shape index (κ1) is 11.9. The highest BCUT2D eigenvalue weighted by atomic mass is 16.6.